The number of amides is 1. The fourth-order valence-electron chi connectivity index (χ4n) is 2.65. The Morgan fingerprint density at radius 2 is 1.83 bits per heavy atom. The van der Waals surface area contributed by atoms with Crippen LogP contribution in [0.25, 0.3) is 10.9 Å². The first kappa shape index (κ1) is 15.6. The molecule has 4 N–H and O–H groups in total. The van der Waals surface area contributed by atoms with Gasteiger partial charge in [0.2, 0.25) is 0 Å². The molecule has 0 saturated carbocycles. The number of ether oxygens (including phenoxy) is 1. The normalized spacial score (nSPS) is 10.5. The molecule has 0 aliphatic heterocycles. The number of nitrogens with two attached hydrogens (primary N) is 2. The van der Waals surface area contributed by atoms with Crippen molar-refractivity contribution in [3.63, 3.8) is 0 Å². The summed E-state index contributed by atoms with van der Waals surface area (Å²) in [5.74, 6) is 0.0777. The van der Waals surface area contributed by atoms with Gasteiger partial charge < -0.3 is 20.8 Å². The van der Waals surface area contributed by atoms with Gasteiger partial charge in [0.05, 0.1) is 7.11 Å². The third-order valence-electron chi connectivity index (χ3n) is 3.76. The molecule has 6 heteroatoms. The molecular weight excluding hydrogens is 304 g/mol. The van der Waals surface area contributed by atoms with Crippen LogP contribution in [0.15, 0.2) is 59.6 Å². The van der Waals surface area contributed by atoms with Crippen LogP contribution in [0.2, 0.25) is 0 Å². The minimum atomic E-state index is -0.459. The summed E-state index contributed by atoms with van der Waals surface area (Å²) < 4.78 is 7.08. The third-order valence-corrected chi connectivity index (χ3v) is 3.76. The van der Waals surface area contributed by atoms with E-state index in [1.165, 1.54) is 0 Å². The van der Waals surface area contributed by atoms with Crippen molar-refractivity contribution in [1.29, 1.82) is 0 Å². The van der Waals surface area contributed by atoms with E-state index in [4.69, 9.17) is 16.2 Å². The first-order chi connectivity index (χ1) is 11.6. The minimum absolute atomic E-state index is 0.249. The molecule has 0 unspecified atom stereocenters. The SMILES string of the molecule is COc1ccc(Cn2c(C(=O)N=C(N)N)cc3ccccc32)cc1. The summed E-state index contributed by atoms with van der Waals surface area (Å²) in [6.07, 6.45) is 0. The summed E-state index contributed by atoms with van der Waals surface area (Å²) in [5, 5.41) is 0.958. The Bertz CT molecular complexity index is 906. The number of methoxy groups -OCH3 is 1. The van der Waals surface area contributed by atoms with Gasteiger partial charge >= 0.3 is 0 Å². The van der Waals surface area contributed by atoms with E-state index in [-0.39, 0.29) is 5.96 Å². The van der Waals surface area contributed by atoms with E-state index < -0.39 is 5.91 Å². The molecule has 0 aliphatic rings. The highest BCUT2D eigenvalue weighted by molar-refractivity contribution is 6.04. The lowest BCUT2D eigenvalue weighted by Crippen LogP contribution is -2.24. The topological polar surface area (TPSA) is 95.6 Å². The van der Waals surface area contributed by atoms with Crippen molar-refractivity contribution >= 4 is 22.8 Å². The highest BCUT2D eigenvalue weighted by Crippen LogP contribution is 2.22. The number of para-hydroxylation sites is 1. The number of rotatable bonds is 4. The summed E-state index contributed by atoms with van der Waals surface area (Å²) in [6, 6.07) is 17.3. The smallest absolute Gasteiger partial charge is 0.296 e. The molecule has 0 aliphatic carbocycles. The second-order valence-electron chi connectivity index (χ2n) is 5.36. The molecule has 0 saturated heterocycles. The van der Waals surface area contributed by atoms with E-state index in [1.54, 1.807) is 13.2 Å². The zero-order valence-electron chi connectivity index (χ0n) is 13.3. The monoisotopic (exact) mass is 322 g/mol. The Kier molecular flexibility index (Phi) is 4.20. The van der Waals surface area contributed by atoms with Crippen LogP contribution in [-0.2, 0) is 6.54 Å². The van der Waals surface area contributed by atoms with Crippen LogP contribution in [0.4, 0.5) is 0 Å². The van der Waals surface area contributed by atoms with Crippen LogP contribution >= 0.6 is 0 Å². The molecule has 1 aromatic heterocycles. The van der Waals surface area contributed by atoms with E-state index in [9.17, 15) is 4.79 Å². The standard InChI is InChI=1S/C18H18N4O2/c1-24-14-8-6-12(7-9-14)11-22-15-5-3-2-4-13(15)10-16(22)17(23)21-18(19)20/h2-10H,11H2,1H3,(H4,19,20,21,23). The number of aliphatic imine (C=N–C) groups is 1. The maximum atomic E-state index is 12.3. The van der Waals surface area contributed by atoms with Gasteiger partial charge in [-0.25, -0.2) is 0 Å². The number of carbonyl (C=O) groups is 1. The Morgan fingerprint density at radius 3 is 2.50 bits per heavy atom. The molecule has 1 amide bonds. The molecule has 1 heterocycles. The van der Waals surface area contributed by atoms with E-state index in [1.807, 2.05) is 53.1 Å². The van der Waals surface area contributed by atoms with E-state index in [0.29, 0.717) is 12.2 Å². The molecule has 0 radical (unpaired) electrons. The lowest BCUT2D eigenvalue weighted by molar-refractivity contribution is 0.0995. The molecule has 122 valence electrons. The molecule has 0 spiro atoms. The minimum Gasteiger partial charge on any atom is -0.497 e. The Hall–Kier alpha value is -3.28. The van der Waals surface area contributed by atoms with Gasteiger partial charge in [-0.15, -0.1) is 0 Å². The van der Waals surface area contributed by atoms with Crippen molar-refractivity contribution < 1.29 is 9.53 Å². The zero-order chi connectivity index (χ0) is 17.1. The van der Waals surface area contributed by atoms with Crippen LogP contribution < -0.4 is 16.2 Å². The molecule has 0 atom stereocenters. The van der Waals surface area contributed by atoms with Crippen molar-refractivity contribution in [1.82, 2.24) is 4.57 Å². The molecule has 0 fully saturated rings. The van der Waals surface area contributed by atoms with Gasteiger partial charge in [-0.05, 0) is 29.8 Å². The van der Waals surface area contributed by atoms with Crippen LogP contribution in [-0.4, -0.2) is 23.5 Å². The van der Waals surface area contributed by atoms with E-state index in [2.05, 4.69) is 4.99 Å². The number of aromatic nitrogens is 1. The lowest BCUT2D eigenvalue weighted by Gasteiger charge is -2.10. The quantitative estimate of drug-likeness (QED) is 0.568. The zero-order valence-corrected chi connectivity index (χ0v) is 13.3. The Morgan fingerprint density at radius 1 is 1.12 bits per heavy atom. The molecule has 24 heavy (non-hydrogen) atoms. The van der Waals surface area contributed by atoms with Gasteiger partial charge in [-0.3, -0.25) is 4.79 Å². The van der Waals surface area contributed by atoms with Gasteiger partial charge in [0.1, 0.15) is 11.4 Å². The van der Waals surface area contributed by atoms with Crippen molar-refractivity contribution in [3.05, 3.63) is 65.9 Å². The predicted octanol–water partition coefficient (Wildman–Crippen LogP) is 2.11. The summed E-state index contributed by atoms with van der Waals surface area (Å²) in [6.45, 7) is 0.526. The highest BCUT2D eigenvalue weighted by atomic mass is 16.5. The summed E-state index contributed by atoms with van der Waals surface area (Å²) in [5.41, 5.74) is 13.1. The van der Waals surface area contributed by atoms with E-state index in [0.717, 1.165) is 22.2 Å². The van der Waals surface area contributed by atoms with Gasteiger partial charge in [0.15, 0.2) is 5.96 Å². The maximum absolute atomic E-state index is 12.3. The number of nitrogens with zero attached hydrogens (tertiary/aromatic N) is 2. The number of benzene rings is 2. The first-order valence-electron chi connectivity index (χ1n) is 7.43. The molecule has 0 bridgehead atoms. The maximum Gasteiger partial charge on any atom is 0.296 e. The molecule has 3 aromatic rings. The van der Waals surface area contributed by atoms with E-state index >= 15 is 0 Å². The van der Waals surface area contributed by atoms with Crippen molar-refractivity contribution in [2.45, 2.75) is 6.54 Å². The number of guanidine groups is 1. The van der Waals surface area contributed by atoms with Crippen molar-refractivity contribution in [3.8, 4) is 5.75 Å². The predicted molar refractivity (Wildman–Crippen MR) is 94.2 cm³/mol. The average Bonchev–Trinajstić information content (AvgIpc) is 2.94. The van der Waals surface area contributed by atoms with Crippen LogP contribution in [0, 0.1) is 0 Å². The first-order valence-corrected chi connectivity index (χ1v) is 7.43. The van der Waals surface area contributed by atoms with Gasteiger partial charge in [0, 0.05) is 17.4 Å². The molecule has 3 rings (SSSR count). The van der Waals surface area contributed by atoms with Gasteiger partial charge in [0.25, 0.3) is 5.91 Å². The summed E-state index contributed by atoms with van der Waals surface area (Å²) in [7, 11) is 1.63. The number of hydrogen-bond acceptors (Lipinski definition) is 2. The van der Waals surface area contributed by atoms with Crippen LogP contribution in [0.1, 0.15) is 16.1 Å². The van der Waals surface area contributed by atoms with Crippen LogP contribution in [0.5, 0.6) is 5.75 Å². The number of hydrogen-bond donors (Lipinski definition) is 2. The lowest BCUT2D eigenvalue weighted by atomic mass is 10.2. The van der Waals surface area contributed by atoms with Crippen molar-refractivity contribution in [2.24, 2.45) is 16.5 Å². The van der Waals surface area contributed by atoms with Crippen molar-refractivity contribution in [2.75, 3.05) is 7.11 Å². The fourth-order valence-corrected chi connectivity index (χ4v) is 2.65. The van der Waals surface area contributed by atoms with Crippen LogP contribution in [0.3, 0.4) is 0 Å². The summed E-state index contributed by atoms with van der Waals surface area (Å²) in [4.78, 5) is 16.0. The molecule has 2 aromatic carbocycles. The summed E-state index contributed by atoms with van der Waals surface area (Å²) >= 11 is 0. The fraction of sp³-hybridized carbons (Fsp3) is 0.111. The van der Waals surface area contributed by atoms with Gasteiger partial charge in [-0.1, -0.05) is 30.3 Å². The third kappa shape index (κ3) is 3.08. The Labute approximate surface area is 139 Å². The number of fused-ring (bicyclic) bond motifs is 1. The molecular formula is C18H18N4O2. The second kappa shape index (κ2) is 6.45. The Balaban J connectivity index is 2.06. The van der Waals surface area contributed by atoms with Gasteiger partial charge in [-0.2, -0.15) is 4.99 Å². The second-order valence-corrected chi connectivity index (χ2v) is 5.36. The molecule has 6 nitrogen and oxygen atoms in total. The number of carbonyl (C=O) groups excluding carboxylic acids is 1. The highest BCUT2D eigenvalue weighted by Gasteiger charge is 2.15. The largest absolute Gasteiger partial charge is 0.497 e. The average molecular weight is 322 g/mol.